The number of nitrogens with zero attached hydrogens (tertiary/aromatic N) is 3. The van der Waals surface area contributed by atoms with Crippen molar-refractivity contribution in [2.75, 3.05) is 11.4 Å². The average molecular weight is 248 g/mol. The maximum atomic E-state index is 5.82. The fraction of sp³-hybridized carbons (Fsp3) is 0.714. The van der Waals surface area contributed by atoms with E-state index < -0.39 is 0 Å². The standard InChI is InChI=1S/C14H24N4/c1-11(2)10-18(13-5-3-4-6-13)14-12(9-15)7-8-16-17-14/h7-8,11,13H,3-6,9-10,15H2,1-2H3. The number of anilines is 1. The third-order valence-corrected chi connectivity index (χ3v) is 3.60. The summed E-state index contributed by atoms with van der Waals surface area (Å²) in [6.45, 7) is 6.07. The van der Waals surface area contributed by atoms with Gasteiger partial charge in [-0.25, -0.2) is 0 Å². The van der Waals surface area contributed by atoms with Gasteiger partial charge in [0.25, 0.3) is 0 Å². The molecule has 0 unspecified atom stereocenters. The first kappa shape index (κ1) is 13.3. The van der Waals surface area contributed by atoms with Gasteiger partial charge in [0.2, 0.25) is 0 Å². The largest absolute Gasteiger partial charge is 0.352 e. The Hall–Kier alpha value is -1.16. The van der Waals surface area contributed by atoms with E-state index in [9.17, 15) is 0 Å². The molecule has 100 valence electrons. The Balaban J connectivity index is 2.26. The average Bonchev–Trinajstić information content (AvgIpc) is 2.89. The maximum Gasteiger partial charge on any atom is 0.156 e. The quantitative estimate of drug-likeness (QED) is 0.869. The van der Waals surface area contributed by atoms with E-state index in [1.807, 2.05) is 6.07 Å². The van der Waals surface area contributed by atoms with Gasteiger partial charge in [0.1, 0.15) is 0 Å². The molecule has 1 aliphatic carbocycles. The van der Waals surface area contributed by atoms with Crippen molar-refractivity contribution in [1.82, 2.24) is 10.2 Å². The topological polar surface area (TPSA) is 55.0 Å². The Kier molecular flexibility index (Phi) is 4.53. The van der Waals surface area contributed by atoms with Crippen molar-refractivity contribution in [2.24, 2.45) is 11.7 Å². The number of hydrogen-bond acceptors (Lipinski definition) is 4. The first-order valence-corrected chi connectivity index (χ1v) is 6.99. The SMILES string of the molecule is CC(C)CN(c1nnccc1CN)C1CCCC1. The first-order valence-electron chi connectivity index (χ1n) is 6.99. The van der Waals surface area contributed by atoms with Crippen molar-refractivity contribution >= 4 is 5.82 Å². The van der Waals surface area contributed by atoms with Crippen molar-refractivity contribution in [1.29, 1.82) is 0 Å². The molecule has 2 rings (SSSR count). The van der Waals surface area contributed by atoms with Gasteiger partial charge in [-0.1, -0.05) is 26.7 Å². The second-order valence-corrected chi connectivity index (χ2v) is 5.57. The van der Waals surface area contributed by atoms with Crippen LogP contribution < -0.4 is 10.6 Å². The van der Waals surface area contributed by atoms with Crippen LogP contribution in [0.5, 0.6) is 0 Å². The van der Waals surface area contributed by atoms with Crippen LogP contribution in [0.15, 0.2) is 12.3 Å². The lowest BCUT2D eigenvalue weighted by atomic mass is 10.1. The van der Waals surface area contributed by atoms with Crippen molar-refractivity contribution in [3.05, 3.63) is 17.8 Å². The van der Waals surface area contributed by atoms with Gasteiger partial charge in [0.05, 0.1) is 6.20 Å². The molecule has 1 aromatic heterocycles. The fourth-order valence-corrected chi connectivity index (χ4v) is 2.77. The Morgan fingerprint density at radius 2 is 2.11 bits per heavy atom. The van der Waals surface area contributed by atoms with Crippen LogP contribution in [0.3, 0.4) is 0 Å². The normalized spacial score (nSPS) is 16.4. The molecule has 4 nitrogen and oxygen atoms in total. The Labute approximate surface area is 110 Å². The highest BCUT2D eigenvalue weighted by atomic mass is 15.3. The van der Waals surface area contributed by atoms with Crippen molar-refractivity contribution in [2.45, 2.75) is 52.1 Å². The van der Waals surface area contributed by atoms with Gasteiger partial charge < -0.3 is 10.6 Å². The van der Waals surface area contributed by atoms with E-state index in [1.54, 1.807) is 6.20 Å². The molecule has 4 heteroatoms. The van der Waals surface area contributed by atoms with Gasteiger partial charge >= 0.3 is 0 Å². The second-order valence-electron chi connectivity index (χ2n) is 5.57. The highest BCUT2D eigenvalue weighted by Gasteiger charge is 2.25. The van der Waals surface area contributed by atoms with Gasteiger partial charge in [-0.3, -0.25) is 0 Å². The van der Waals surface area contributed by atoms with E-state index in [1.165, 1.54) is 25.7 Å². The summed E-state index contributed by atoms with van der Waals surface area (Å²) in [5.41, 5.74) is 6.93. The Morgan fingerprint density at radius 3 is 2.72 bits per heavy atom. The minimum Gasteiger partial charge on any atom is -0.352 e. The summed E-state index contributed by atoms with van der Waals surface area (Å²) in [6, 6.07) is 2.61. The molecular weight excluding hydrogens is 224 g/mol. The molecule has 18 heavy (non-hydrogen) atoms. The summed E-state index contributed by atoms with van der Waals surface area (Å²) in [5.74, 6) is 1.62. The second kappa shape index (κ2) is 6.14. The van der Waals surface area contributed by atoms with Gasteiger partial charge in [0.15, 0.2) is 5.82 Å². The van der Waals surface area contributed by atoms with E-state index >= 15 is 0 Å². The summed E-state index contributed by atoms with van der Waals surface area (Å²) < 4.78 is 0. The number of aromatic nitrogens is 2. The smallest absolute Gasteiger partial charge is 0.156 e. The number of nitrogens with two attached hydrogens (primary N) is 1. The lowest BCUT2D eigenvalue weighted by Gasteiger charge is -2.32. The van der Waals surface area contributed by atoms with E-state index in [0.29, 0.717) is 18.5 Å². The predicted molar refractivity (Wildman–Crippen MR) is 74.4 cm³/mol. The van der Waals surface area contributed by atoms with Crippen LogP contribution >= 0.6 is 0 Å². The summed E-state index contributed by atoms with van der Waals surface area (Å²) >= 11 is 0. The lowest BCUT2D eigenvalue weighted by molar-refractivity contribution is 0.527. The van der Waals surface area contributed by atoms with Crippen LogP contribution in [0.25, 0.3) is 0 Å². The van der Waals surface area contributed by atoms with Crippen LogP contribution in [0.1, 0.15) is 45.1 Å². The molecule has 1 aliphatic rings. The van der Waals surface area contributed by atoms with Crippen LogP contribution in [-0.4, -0.2) is 22.8 Å². The molecule has 1 aromatic rings. The fourth-order valence-electron chi connectivity index (χ4n) is 2.77. The Bertz CT molecular complexity index is 372. The zero-order valence-corrected chi connectivity index (χ0v) is 11.5. The molecule has 0 spiro atoms. The molecule has 0 atom stereocenters. The number of rotatable bonds is 5. The molecule has 0 bridgehead atoms. The zero-order chi connectivity index (χ0) is 13.0. The van der Waals surface area contributed by atoms with Gasteiger partial charge in [-0.15, -0.1) is 5.10 Å². The molecule has 0 radical (unpaired) electrons. The van der Waals surface area contributed by atoms with Crippen molar-refractivity contribution in [3.63, 3.8) is 0 Å². The van der Waals surface area contributed by atoms with Crippen LogP contribution in [0, 0.1) is 5.92 Å². The molecule has 2 N–H and O–H groups in total. The Morgan fingerprint density at radius 1 is 1.39 bits per heavy atom. The van der Waals surface area contributed by atoms with E-state index in [2.05, 4.69) is 28.9 Å². The number of hydrogen-bond donors (Lipinski definition) is 1. The van der Waals surface area contributed by atoms with Crippen LogP contribution in [-0.2, 0) is 6.54 Å². The molecule has 1 saturated carbocycles. The summed E-state index contributed by atoms with van der Waals surface area (Å²) in [7, 11) is 0. The summed E-state index contributed by atoms with van der Waals surface area (Å²) in [5, 5.41) is 8.39. The van der Waals surface area contributed by atoms with Gasteiger partial charge in [-0.2, -0.15) is 5.10 Å². The molecule has 0 saturated heterocycles. The summed E-state index contributed by atoms with van der Waals surface area (Å²) in [4.78, 5) is 2.44. The van der Waals surface area contributed by atoms with E-state index in [-0.39, 0.29) is 0 Å². The molecule has 0 amide bonds. The highest BCUT2D eigenvalue weighted by Crippen LogP contribution is 2.29. The molecular formula is C14H24N4. The lowest BCUT2D eigenvalue weighted by Crippen LogP contribution is -2.38. The monoisotopic (exact) mass is 248 g/mol. The van der Waals surface area contributed by atoms with E-state index in [4.69, 9.17) is 5.73 Å². The minimum absolute atomic E-state index is 0.534. The van der Waals surface area contributed by atoms with Gasteiger partial charge in [-0.05, 0) is 24.8 Å². The van der Waals surface area contributed by atoms with Crippen molar-refractivity contribution in [3.8, 4) is 0 Å². The molecule has 1 fully saturated rings. The van der Waals surface area contributed by atoms with Crippen molar-refractivity contribution < 1.29 is 0 Å². The molecule has 0 aromatic carbocycles. The zero-order valence-electron chi connectivity index (χ0n) is 11.5. The summed E-state index contributed by atoms with van der Waals surface area (Å²) in [6.07, 6.45) is 6.93. The maximum absolute atomic E-state index is 5.82. The third kappa shape index (κ3) is 2.99. The van der Waals surface area contributed by atoms with E-state index in [0.717, 1.165) is 17.9 Å². The van der Waals surface area contributed by atoms with Crippen LogP contribution in [0.4, 0.5) is 5.82 Å². The highest BCUT2D eigenvalue weighted by molar-refractivity contribution is 5.46. The minimum atomic E-state index is 0.534. The predicted octanol–water partition coefficient (Wildman–Crippen LogP) is 2.34. The molecule has 1 heterocycles. The molecule has 0 aliphatic heterocycles. The van der Waals surface area contributed by atoms with Crippen LogP contribution in [0.2, 0.25) is 0 Å². The first-order chi connectivity index (χ1) is 8.72. The van der Waals surface area contributed by atoms with Gasteiger partial charge in [0, 0.05) is 24.7 Å². The third-order valence-electron chi connectivity index (χ3n) is 3.60.